The smallest absolute Gasteiger partial charge is 0.255 e. The zero-order valence-corrected chi connectivity index (χ0v) is 18.7. The zero-order chi connectivity index (χ0) is 22.1. The van der Waals surface area contributed by atoms with Crippen molar-refractivity contribution < 1.29 is 18.0 Å². The molecule has 6 nitrogen and oxygen atoms in total. The predicted octanol–water partition coefficient (Wildman–Crippen LogP) is 4.18. The lowest BCUT2D eigenvalue weighted by Crippen LogP contribution is -2.38. The van der Waals surface area contributed by atoms with Crippen molar-refractivity contribution in [3.63, 3.8) is 0 Å². The molecule has 160 valence electrons. The summed E-state index contributed by atoms with van der Waals surface area (Å²) in [4.78, 5) is 24.6. The molecule has 3 rings (SSSR count). The van der Waals surface area contributed by atoms with Crippen LogP contribution in [-0.2, 0) is 10.0 Å². The van der Waals surface area contributed by atoms with Crippen LogP contribution in [0.25, 0.3) is 0 Å². The second-order valence-corrected chi connectivity index (χ2v) is 10.0. The van der Waals surface area contributed by atoms with E-state index in [1.807, 2.05) is 0 Å². The van der Waals surface area contributed by atoms with E-state index in [0.29, 0.717) is 35.8 Å². The minimum atomic E-state index is -3.68. The number of Topliss-reactive ketones (excluding diaryl/α,β-unsaturated/α-hetero) is 1. The lowest BCUT2D eigenvalue weighted by Gasteiger charge is -2.30. The van der Waals surface area contributed by atoms with Crippen molar-refractivity contribution in [2.75, 3.05) is 18.4 Å². The molecule has 0 aromatic heterocycles. The van der Waals surface area contributed by atoms with Gasteiger partial charge in [-0.1, -0.05) is 19.1 Å². The first-order valence-electron chi connectivity index (χ1n) is 10.1. The maximum absolute atomic E-state index is 13.3. The highest BCUT2D eigenvalue weighted by Gasteiger charge is 2.30. The molecule has 7 heteroatoms. The van der Waals surface area contributed by atoms with Gasteiger partial charge in [-0.25, -0.2) is 8.42 Å². The van der Waals surface area contributed by atoms with Crippen LogP contribution in [0.1, 0.15) is 58.5 Å². The zero-order valence-electron chi connectivity index (χ0n) is 17.9. The van der Waals surface area contributed by atoms with E-state index in [2.05, 4.69) is 12.2 Å². The maximum Gasteiger partial charge on any atom is 0.255 e. The first-order chi connectivity index (χ1) is 14.1. The number of rotatable bonds is 5. The fraction of sp³-hybridized carbons (Fsp3) is 0.391. The monoisotopic (exact) mass is 428 g/mol. The van der Waals surface area contributed by atoms with Crippen LogP contribution < -0.4 is 5.32 Å². The number of carbonyl (C=O) groups is 2. The third-order valence-corrected chi connectivity index (χ3v) is 7.79. The number of carbonyl (C=O) groups excluding carboxylic acids is 2. The molecule has 1 amide bonds. The number of sulfonamides is 1. The summed E-state index contributed by atoms with van der Waals surface area (Å²) in [6.07, 6.45) is 1.67. The third kappa shape index (κ3) is 4.63. The summed E-state index contributed by atoms with van der Waals surface area (Å²) in [5.74, 6) is 0.00573. The van der Waals surface area contributed by atoms with E-state index in [1.54, 1.807) is 44.2 Å². The first-order valence-corrected chi connectivity index (χ1v) is 11.6. The molecule has 0 aliphatic carbocycles. The molecule has 1 fully saturated rings. The van der Waals surface area contributed by atoms with Gasteiger partial charge in [0.25, 0.3) is 5.91 Å². The van der Waals surface area contributed by atoms with Crippen molar-refractivity contribution in [3.8, 4) is 0 Å². The van der Waals surface area contributed by atoms with Crippen molar-refractivity contribution in [1.29, 1.82) is 0 Å². The van der Waals surface area contributed by atoms with Gasteiger partial charge in [-0.15, -0.1) is 0 Å². The van der Waals surface area contributed by atoms with Crippen LogP contribution >= 0.6 is 0 Å². The SMILES string of the molecule is CC(=O)c1cccc(NC(=O)c2cc(C)c(C)c(S(=O)(=O)N3CCC(C)CC3)c2)c1. The molecule has 0 unspecified atom stereocenters. The van der Waals surface area contributed by atoms with Gasteiger partial charge in [0.15, 0.2) is 5.78 Å². The van der Waals surface area contributed by atoms with Gasteiger partial charge in [-0.2, -0.15) is 4.31 Å². The number of piperidine rings is 1. The van der Waals surface area contributed by atoms with E-state index in [1.165, 1.54) is 17.3 Å². The number of amides is 1. The van der Waals surface area contributed by atoms with Gasteiger partial charge in [0.05, 0.1) is 4.90 Å². The summed E-state index contributed by atoms with van der Waals surface area (Å²) in [5, 5.41) is 2.76. The molecule has 0 atom stereocenters. The molecule has 1 aliphatic heterocycles. The Morgan fingerprint density at radius 2 is 1.70 bits per heavy atom. The highest BCUT2D eigenvalue weighted by molar-refractivity contribution is 7.89. The summed E-state index contributed by atoms with van der Waals surface area (Å²) in [6, 6.07) is 9.82. The molecule has 2 aromatic rings. The second-order valence-electron chi connectivity index (χ2n) is 8.09. The standard InChI is InChI=1S/C23H28N2O4S/c1-15-8-10-25(11-9-15)30(28,29)22-14-20(12-16(2)17(22)3)23(27)24-21-7-5-6-19(13-21)18(4)26/h5-7,12-15H,8-11H2,1-4H3,(H,24,27). The topological polar surface area (TPSA) is 83.5 Å². The quantitative estimate of drug-likeness (QED) is 0.724. The lowest BCUT2D eigenvalue weighted by atomic mass is 10.0. The van der Waals surface area contributed by atoms with Crippen LogP contribution in [0.5, 0.6) is 0 Å². The number of benzene rings is 2. The lowest BCUT2D eigenvalue weighted by molar-refractivity contribution is 0.101. The number of hydrogen-bond donors (Lipinski definition) is 1. The van der Waals surface area contributed by atoms with Crippen molar-refractivity contribution in [1.82, 2.24) is 4.31 Å². The van der Waals surface area contributed by atoms with Gasteiger partial charge in [0.2, 0.25) is 10.0 Å². The predicted molar refractivity (Wildman–Crippen MR) is 117 cm³/mol. The number of aryl methyl sites for hydroxylation is 1. The molecule has 0 radical (unpaired) electrons. The fourth-order valence-electron chi connectivity index (χ4n) is 3.61. The van der Waals surface area contributed by atoms with E-state index in [9.17, 15) is 18.0 Å². The molecule has 1 heterocycles. The van der Waals surface area contributed by atoms with Crippen LogP contribution in [0.2, 0.25) is 0 Å². The normalized spacial score (nSPS) is 15.7. The molecule has 1 saturated heterocycles. The number of ketones is 1. The highest BCUT2D eigenvalue weighted by Crippen LogP contribution is 2.28. The average Bonchev–Trinajstić information content (AvgIpc) is 2.70. The van der Waals surface area contributed by atoms with Crippen molar-refractivity contribution in [2.45, 2.75) is 45.4 Å². The largest absolute Gasteiger partial charge is 0.322 e. The highest BCUT2D eigenvalue weighted by atomic mass is 32.2. The van der Waals surface area contributed by atoms with Crippen molar-refractivity contribution in [2.24, 2.45) is 5.92 Å². The Morgan fingerprint density at radius 1 is 1.03 bits per heavy atom. The van der Waals surface area contributed by atoms with Crippen LogP contribution in [-0.4, -0.2) is 37.5 Å². The summed E-state index contributed by atoms with van der Waals surface area (Å²) in [6.45, 7) is 8.16. The van der Waals surface area contributed by atoms with Crippen LogP contribution in [0.4, 0.5) is 5.69 Å². The van der Waals surface area contributed by atoms with E-state index < -0.39 is 15.9 Å². The molecule has 1 aliphatic rings. The van der Waals surface area contributed by atoms with Crippen LogP contribution in [0, 0.1) is 19.8 Å². The molecular weight excluding hydrogens is 400 g/mol. The van der Waals surface area contributed by atoms with Gasteiger partial charge >= 0.3 is 0 Å². The fourth-order valence-corrected chi connectivity index (χ4v) is 5.40. The molecule has 0 spiro atoms. The molecule has 0 saturated carbocycles. The van der Waals surface area contributed by atoms with Gasteiger partial charge in [-0.3, -0.25) is 9.59 Å². The van der Waals surface area contributed by atoms with Gasteiger partial charge in [-0.05, 0) is 74.9 Å². The van der Waals surface area contributed by atoms with E-state index in [-0.39, 0.29) is 16.2 Å². The van der Waals surface area contributed by atoms with Crippen LogP contribution in [0.3, 0.4) is 0 Å². The summed E-state index contributed by atoms with van der Waals surface area (Å²) >= 11 is 0. The second kappa shape index (κ2) is 8.70. The van der Waals surface area contributed by atoms with Gasteiger partial charge < -0.3 is 5.32 Å². The number of nitrogens with zero attached hydrogens (tertiary/aromatic N) is 1. The van der Waals surface area contributed by atoms with Crippen LogP contribution in [0.15, 0.2) is 41.3 Å². The Hall–Kier alpha value is -2.51. The van der Waals surface area contributed by atoms with Gasteiger partial charge in [0.1, 0.15) is 0 Å². The van der Waals surface area contributed by atoms with Crippen molar-refractivity contribution >= 4 is 27.4 Å². The Bertz CT molecular complexity index is 1080. The number of hydrogen-bond acceptors (Lipinski definition) is 4. The van der Waals surface area contributed by atoms with E-state index in [0.717, 1.165) is 18.4 Å². The summed E-state index contributed by atoms with van der Waals surface area (Å²) in [5.41, 5.74) is 2.65. The third-order valence-electron chi connectivity index (χ3n) is 5.77. The Morgan fingerprint density at radius 3 is 2.33 bits per heavy atom. The minimum Gasteiger partial charge on any atom is -0.322 e. The molecule has 30 heavy (non-hydrogen) atoms. The average molecular weight is 429 g/mol. The molecule has 0 bridgehead atoms. The number of anilines is 1. The summed E-state index contributed by atoms with van der Waals surface area (Å²) in [7, 11) is -3.68. The number of nitrogens with one attached hydrogen (secondary N) is 1. The Labute approximate surface area is 178 Å². The molecule has 2 aromatic carbocycles. The Balaban J connectivity index is 1.92. The van der Waals surface area contributed by atoms with Crippen molar-refractivity contribution in [3.05, 3.63) is 58.7 Å². The maximum atomic E-state index is 13.3. The summed E-state index contributed by atoms with van der Waals surface area (Å²) < 4.78 is 28.1. The first kappa shape index (κ1) is 22.2. The molecular formula is C23H28N2O4S. The molecule has 1 N–H and O–H groups in total. The van der Waals surface area contributed by atoms with E-state index in [4.69, 9.17) is 0 Å². The van der Waals surface area contributed by atoms with Gasteiger partial charge in [0, 0.05) is 29.9 Å². The van der Waals surface area contributed by atoms with E-state index >= 15 is 0 Å². The Kier molecular flexibility index (Phi) is 6.43. The minimum absolute atomic E-state index is 0.0958.